The van der Waals surface area contributed by atoms with Gasteiger partial charge in [-0.15, -0.1) is 0 Å². The predicted octanol–water partition coefficient (Wildman–Crippen LogP) is 3.30. The van der Waals surface area contributed by atoms with Crippen LogP contribution in [0.25, 0.3) is 0 Å². The molecular formula is C17H23NO4. The van der Waals surface area contributed by atoms with E-state index < -0.39 is 12.3 Å². The molecule has 2 rings (SSSR count). The highest BCUT2D eigenvalue weighted by atomic mass is 16.6. The van der Waals surface area contributed by atoms with E-state index in [-0.39, 0.29) is 18.4 Å². The Morgan fingerprint density at radius 3 is 2.73 bits per heavy atom. The van der Waals surface area contributed by atoms with E-state index in [1.807, 2.05) is 30.3 Å². The van der Waals surface area contributed by atoms with Crippen molar-refractivity contribution < 1.29 is 19.1 Å². The molecule has 0 aromatic heterocycles. The molecule has 1 aliphatic rings. The van der Waals surface area contributed by atoms with E-state index in [2.05, 4.69) is 6.92 Å². The largest absolute Gasteiger partial charge is 0.447 e. The van der Waals surface area contributed by atoms with Gasteiger partial charge in [-0.3, -0.25) is 9.69 Å². The lowest BCUT2D eigenvalue weighted by molar-refractivity contribution is -0.138. The number of unbranched alkanes of at least 4 members (excludes halogenated alkanes) is 2. The monoisotopic (exact) mass is 305 g/mol. The molecule has 0 radical (unpaired) electrons. The third-order valence-corrected chi connectivity index (χ3v) is 3.87. The molecule has 1 heterocycles. The van der Waals surface area contributed by atoms with Crippen molar-refractivity contribution in [1.82, 2.24) is 4.90 Å². The minimum Gasteiger partial charge on any atom is -0.447 e. The van der Waals surface area contributed by atoms with E-state index in [1.165, 1.54) is 12.0 Å². The maximum absolute atomic E-state index is 12.4. The van der Waals surface area contributed by atoms with Crippen LogP contribution in [0.3, 0.4) is 0 Å². The Bertz CT molecular complexity index is 503. The Morgan fingerprint density at radius 1 is 1.36 bits per heavy atom. The number of ketones is 1. The Hall–Kier alpha value is -1.88. The van der Waals surface area contributed by atoms with Crippen LogP contribution in [0.4, 0.5) is 4.79 Å². The van der Waals surface area contributed by atoms with Gasteiger partial charge >= 0.3 is 6.09 Å². The van der Waals surface area contributed by atoms with Gasteiger partial charge in [-0.2, -0.15) is 0 Å². The van der Waals surface area contributed by atoms with Crippen LogP contribution in [0.15, 0.2) is 30.3 Å². The summed E-state index contributed by atoms with van der Waals surface area (Å²) in [6.07, 6.45) is 1.89. The van der Waals surface area contributed by atoms with Crippen LogP contribution in [0.1, 0.15) is 44.2 Å². The number of benzene rings is 1. The van der Waals surface area contributed by atoms with Crippen molar-refractivity contribution in [3.05, 3.63) is 35.9 Å². The summed E-state index contributed by atoms with van der Waals surface area (Å²) in [5.74, 6) is -0.0734. The third kappa shape index (κ3) is 3.65. The van der Waals surface area contributed by atoms with Crippen LogP contribution in [-0.2, 0) is 14.3 Å². The fourth-order valence-corrected chi connectivity index (χ4v) is 2.70. The zero-order valence-corrected chi connectivity index (χ0v) is 13.2. The van der Waals surface area contributed by atoms with Gasteiger partial charge in [0.25, 0.3) is 0 Å². The summed E-state index contributed by atoms with van der Waals surface area (Å²) >= 11 is 0. The second kappa shape index (κ2) is 7.94. The van der Waals surface area contributed by atoms with Crippen molar-refractivity contribution in [2.45, 2.75) is 44.9 Å². The van der Waals surface area contributed by atoms with Gasteiger partial charge < -0.3 is 9.47 Å². The fourth-order valence-electron chi connectivity index (χ4n) is 2.70. The zero-order valence-electron chi connectivity index (χ0n) is 13.2. The number of Topliss-reactive ketones (excluding diaryl/α,β-unsaturated/α-hetero) is 1. The Labute approximate surface area is 131 Å². The van der Waals surface area contributed by atoms with E-state index in [4.69, 9.17) is 9.47 Å². The number of cyclic esters (lactones) is 1. The minimum absolute atomic E-state index is 0.0734. The Kier molecular flexibility index (Phi) is 5.95. The van der Waals surface area contributed by atoms with Crippen LogP contribution in [0.5, 0.6) is 0 Å². The highest BCUT2D eigenvalue weighted by Gasteiger charge is 2.41. The number of hydrogen-bond acceptors (Lipinski definition) is 4. The highest BCUT2D eigenvalue weighted by molar-refractivity contribution is 5.87. The van der Waals surface area contributed by atoms with Crippen molar-refractivity contribution in [3.63, 3.8) is 0 Å². The Balaban J connectivity index is 2.14. The number of nitrogens with zero attached hydrogens (tertiary/aromatic N) is 1. The molecule has 0 N–H and O–H groups in total. The molecular weight excluding hydrogens is 282 g/mol. The molecule has 0 saturated carbocycles. The average Bonchev–Trinajstić information content (AvgIpc) is 2.91. The molecule has 5 nitrogen and oxygen atoms in total. The SMILES string of the molecule is CCCCCC(=O)[C@H](OC)N1C(=O)OC[C@H]1c1ccccc1. The van der Waals surface area contributed by atoms with Gasteiger partial charge in [0.05, 0.1) is 6.04 Å². The first-order valence-electron chi connectivity index (χ1n) is 7.74. The van der Waals surface area contributed by atoms with E-state index in [0.717, 1.165) is 24.8 Å². The quantitative estimate of drug-likeness (QED) is 0.691. The maximum Gasteiger partial charge on any atom is 0.412 e. The van der Waals surface area contributed by atoms with Crippen LogP contribution in [0, 0.1) is 0 Å². The van der Waals surface area contributed by atoms with Gasteiger partial charge in [0.15, 0.2) is 12.0 Å². The molecule has 1 aliphatic heterocycles. The number of hydrogen-bond donors (Lipinski definition) is 0. The van der Waals surface area contributed by atoms with E-state index in [1.54, 1.807) is 0 Å². The van der Waals surface area contributed by atoms with Gasteiger partial charge in [0.1, 0.15) is 6.61 Å². The van der Waals surface area contributed by atoms with Gasteiger partial charge in [-0.05, 0) is 12.0 Å². The minimum atomic E-state index is -0.878. The molecule has 0 unspecified atom stereocenters. The summed E-state index contributed by atoms with van der Waals surface area (Å²) in [6.45, 7) is 2.33. The smallest absolute Gasteiger partial charge is 0.412 e. The zero-order chi connectivity index (χ0) is 15.9. The molecule has 1 amide bonds. The molecule has 0 spiro atoms. The summed E-state index contributed by atoms with van der Waals surface area (Å²) in [5, 5.41) is 0. The molecule has 0 bridgehead atoms. The van der Waals surface area contributed by atoms with Crippen molar-refractivity contribution in [1.29, 1.82) is 0 Å². The number of carbonyl (C=O) groups is 2. The number of ether oxygens (including phenoxy) is 2. The topological polar surface area (TPSA) is 55.8 Å². The second-order valence-corrected chi connectivity index (χ2v) is 5.42. The van der Waals surface area contributed by atoms with Gasteiger partial charge in [0.2, 0.25) is 0 Å². The lowest BCUT2D eigenvalue weighted by Crippen LogP contribution is -2.44. The molecule has 1 aromatic carbocycles. The number of methoxy groups -OCH3 is 1. The molecule has 1 aromatic rings. The second-order valence-electron chi connectivity index (χ2n) is 5.42. The first kappa shape index (κ1) is 16.5. The number of rotatable bonds is 8. The summed E-state index contributed by atoms with van der Waals surface area (Å²) in [6, 6.07) is 9.29. The average molecular weight is 305 g/mol. The Morgan fingerprint density at radius 2 is 2.09 bits per heavy atom. The summed E-state index contributed by atoms with van der Waals surface area (Å²) in [5.41, 5.74) is 0.941. The maximum atomic E-state index is 12.4. The van der Waals surface area contributed by atoms with E-state index in [9.17, 15) is 9.59 Å². The van der Waals surface area contributed by atoms with Crippen LogP contribution < -0.4 is 0 Å². The lowest BCUT2D eigenvalue weighted by Gasteiger charge is -2.28. The standard InChI is InChI=1S/C17H23NO4/c1-3-4-6-11-15(19)16(21-2)18-14(12-22-17(18)20)13-9-7-5-8-10-13/h5,7-10,14,16H,3-4,6,11-12H2,1-2H3/t14-,16-/m0/s1. The fraction of sp³-hybridized carbons (Fsp3) is 0.529. The van der Waals surface area contributed by atoms with Gasteiger partial charge in [-0.25, -0.2) is 4.79 Å². The molecule has 120 valence electrons. The third-order valence-electron chi connectivity index (χ3n) is 3.87. The molecule has 22 heavy (non-hydrogen) atoms. The first-order valence-corrected chi connectivity index (χ1v) is 7.74. The summed E-state index contributed by atoms with van der Waals surface area (Å²) in [7, 11) is 1.45. The van der Waals surface area contributed by atoms with Crippen molar-refractivity contribution in [2.75, 3.05) is 13.7 Å². The predicted molar refractivity (Wildman–Crippen MR) is 82.3 cm³/mol. The molecule has 1 saturated heterocycles. The van der Waals surface area contributed by atoms with Crippen molar-refractivity contribution in [3.8, 4) is 0 Å². The lowest BCUT2D eigenvalue weighted by atomic mass is 10.1. The van der Waals surface area contributed by atoms with E-state index in [0.29, 0.717) is 6.42 Å². The normalized spacial score (nSPS) is 19.1. The van der Waals surface area contributed by atoms with E-state index >= 15 is 0 Å². The first-order chi connectivity index (χ1) is 10.7. The summed E-state index contributed by atoms with van der Waals surface area (Å²) < 4.78 is 10.5. The van der Waals surface area contributed by atoms with Gasteiger partial charge in [-0.1, -0.05) is 50.1 Å². The van der Waals surface area contributed by atoms with Crippen molar-refractivity contribution >= 4 is 11.9 Å². The van der Waals surface area contributed by atoms with Crippen LogP contribution in [-0.4, -0.2) is 36.7 Å². The van der Waals surface area contributed by atoms with Gasteiger partial charge in [0, 0.05) is 13.5 Å². The molecule has 5 heteroatoms. The molecule has 0 aliphatic carbocycles. The van der Waals surface area contributed by atoms with Crippen molar-refractivity contribution in [2.24, 2.45) is 0 Å². The highest BCUT2D eigenvalue weighted by Crippen LogP contribution is 2.30. The van der Waals surface area contributed by atoms with Crippen LogP contribution in [0.2, 0.25) is 0 Å². The number of carbonyl (C=O) groups excluding carboxylic acids is 2. The molecule has 2 atom stereocenters. The van der Waals surface area contributed by atoms with Crippen LogP contribution >= 0.6 is 0 Å². The molecule has 1 fully saturated rings. The summed E-state index contributed by atoms with van der Waals surface area (Å²) in [4.78, 5) is 25.9. The number of amides is 1.